The molecule has 0 saturated carbocycles. The number of benzene rings is 3. The van der Waals surface area contributed by atoms with Gasteiger partial charge in [-0.2, -0.15) is 0 Å². The van der Waals surface area contributed by atoms with Crippen molar-refractivity contribution >= 4 is 23.0 Å². The Kier molecular flexibility index (Phi) is 7.95. The Morgan fingerprint density at radius 2 is 1.79 bits per heavy atom. The molecule has 0 aliphatic carbocycles. The fourth-order valence-electron chi connectivity index (χ4n) is 3.76. The average Bonchev–Trinajstić information content (AvgIpc) is 3.23. The summed E-state index contributed by atoms with van der Waals surface area (Å²) in [5.41, 5.74) is 3.05. The van der Waals surface area contributed by atoms with Crippen LogP contribution in [0.25, 0.3) is 17.1 Å². The summed E-state index contributed by atoms with van der Waals surface area (Å²) < 4.78 is 13.4. The summed E-state index contributed by atoms with van der Waals surface area (Å²) in [6.07, 6.45) is 4.86. The minimum Gasteiger partial charge on any atom is -0.497 e. The minimum atomic E-state index is -0.113. The van der Waals surface area contributed by atoms with E-state index < -0.39 is 0 Å². The highest BCUT2D eigenvalue weighted by Gasteiger charge is 2.10. The summed E-state index contributed by atoms with van der Waals surface area (Å²) in [6, 6.07) is 25.5. The van der Waals surface area contributed by atoms with E-state index in [0.717, 1.165) is 46.9 Å². The highest BCUT2D eigenvalue weighted by Crippen LogP contribution is 2.20. The number of ether oxygens (including phenoxy) is 2. The van der Waals surface area contributed by atoms with Crippen molar-refractivity contribution in [3.63, 3.8) is 0 Å². The molecule has 0 radical (unpaired) electrons. The van der Waals surface area contributed by atoms with Gasteiger partial charge < -0.3 is 19.4 Å². The highest BCUT2D eigenvalue weighted by molar-refractivity contribution is 5.91. The van der Waals surface area contributed by atoms with Crippen molar-refractivity contribution in [2.24, 2.45) is 0 Å². The largest absolute Gasteiger partial charge is 0.497 e. The Labute approximate surface area is 199 Å². The molecule has 3 aromatic carbocycles. The van der Waals surface area contributed by atoms with E-state index in [1.54, 1.807) is 13.2 Å². The first kappa shape index (κ1) is 23.1. The lowest BCUT2D eigenvalue weighted by Gasteiger charge is -2.11. The Hall–Kier alpha value is -4.06. The number of hydrogen-bond acceptors (Lipinski definition) is 4. The van der Waals surface area contributed by atoms with Gasteiger partial charge in [0.1, 0.15) is 17.3 Å². The Balaban J connectivity index is 1.33. The maximum atomic E-state index is 12.2. The van der Waals surface area contributed by atoms with E-state index in [9.17, 15) is 4.79 Å². The van der Waals surface area contributed by atoms with E-state index in [-0.39, 0.29) is 5.91 Å². The molecule has 6 nitrogen and oxygen atoms in total. The van der Waals surface area contributed by atoms with Crippen LogP contribution in [0, 0.1) is 0 Å². The first-order chi connectivity index (χ1) is 16.7. The van der Waals surface area contributed by atoms with Crippen molar-refractivity contribution in [1.82, 2.24) is 14.9 Å². The molecule has 1 aromatic heterocycles. The standard InChI is InChI=1S/C28H29N3O3/c1-33-23-11-7-12-24(21-23)34-20-8-19-31-26-14-6-5-13-25(26)30-27(31)17-18-29-28(32)16-15-22-9-3-2-4-10-22/h2-7,9-16,21H,8,17-20H2,1H3,(H,29,32)/b16-15+. The number of hydrogen-bond donors (Lipinski definition) is 1. The van der Waals surface area contributed by atoms with Crippen LogP contribution in [-0.4, -0.2) is 35.7 Å². The summed E-state index contributed by atoms with van der Waals surface area (Å²) >= 11 is 0. The van der Waals surface area contributed by atoms with Gasteiger partial charge in [-0.15, -0.1) is 0 Å². The smallest absolute Gasteiger partial charge is 0.244 e. The Morgan fingerprint density at radius 1 is 1.00 bits per heavy atom. The van der Waals surface area contributed by atoms with Crippen molar-refractivity contribution in [3.05, 3.63) is 96.3 Å². The van der Waals surface area contributed by atoms with Crippen molar-refractivity contribution < 1.29 is 14.3 Å². The van der Waals surface area contributed by atoms with Gasteiger partial charge in [0.25, 0.3) is 0 Å². The second kappa shape index (κ2) is 11.7. The third kappa shape index (κ3) is 6.25. The van der Waals surface area contributed by atoms with Crippen LogP contribution in [0.3, 0.4) is 0 Å². The maximum Gasteiger partial charge on any atom is 0.244 e. The lowest BCUT2D eigenvalue weighted by molar-refractivity contribution is -0.116. The zero-order chi connectivity index (χ0) is 23.6. The van der Waals surface area contributed by atoms with E-state index in [4.69, 9.17) is 14.5 Å². The van der Waals surface area contributed by atoms with Gasteiger partial charge in [0.2, 0.25) is 5.91 Å². The number of aryl methyl sites for hydroxylation is 1. The van der Waals surface area contributed by atoms with Gasteiger partial charge >= 0.3 is 0 Å². The number of nitrogens with one attached hydrogen (secondary N) is 1. The van der Waals surface area contributed by atoms with E-state index in [1.807, 2.05) is 78.9 Å². The number of rotatable bonds is 11. The predicted molar refractivity (Wildman–Crippen MR) is 135 cm³/mol. The topological polar surface area (TPSA) is 65.4 Å². The number of carbonyl (C=O) groups excluding carboxylic acids is 1. The van der Waals surface area contributed by atoms with Crippen molar-refractivity contribution in [3.8, 4) is 11.5 Å². The van der Waals surface area contributed by atoms with Gasteiger partial charge in [-0.1, -0.05) is 48.5 Å². The van der Waals surface area contributed by atoms with Gasteiger partial charge in [-0.3, -0.25) is 4.79 Å². The summed E-state index contributed by atoms with van der Waals surface area (Å²) in [7, 11) is 1.65. The third-order valence-electron chi connectivity index (χ3n) is 5.44. The molecule has 0 aliphatic rings. The van der Waals surface area contributed by atoms with E-state index >= 15 is 0 Å². The highest BCUT2D eigenvalue weighted by atomic mass is 16.5. The van der Waals surface area contributed by atoms with Gasteiger partial charge in [0.05, 0.1) is 24.8 Å². The molecule has 0 bridgehead atoms. The summed E-state index contributed by atoms with van der Waals surface area (Å²) in [5.74, 6) is 2.41. The molecule has 6 heteroatoms. The number of methoxy groups -OCH3 is 1. The van der Waals surface area contributed by atoms with Crippen LogP contribution in [0.4, 0.5) is 0 Å². The molecule has 4 rings (SSSR count). The fraction of sp³-hybridized carbons (Fsp3) is 0.214. The van der Waals surface area contributed by atoms with Gasteiger partial charge in [0.15, 0.2) is 0 Å². The maximum absolute atomic E-state index is 12.2. The lowest BCUT2D eigenvalue weighted by atomic mass is 10.2. The quantitative estimate of drug-likeness (QED) is 0.258. The van der Waals surface area contributed by atoms with Crippen molar-refractivity contribution in [2.45, 2.75) is 19.4 Å². The SMILES string of the molecule is COc1cccc(OCCCn2c(CCNC(=O)/C=C/c3ccccc3)nc3ccccc32)c1. The zero-order valence-electron chi connectivity index (χ0n) is 19.3. The number of nitrogens with zero attached hydrogens (tertiary/aromatic N) is 2. The second-order valence-corrected chi connectivity index (χ2v) is 7.83. The first-order valence-corrected chi connectivity index (χ1v) is 11.4. The predicted octanol–water partition coefficient (Wildman–Crippen LogP) is 4.89. The minimum absolute atomic E-state index is 0.113. The fourth-order valence-corrected chi connectivity index (χ4v) is 3.76. The normalized spacial score (nSPS) is 11.1. The monoisotopic (exact) mass is 455 g/mol. The van der Waals surface area contributed by atoms with Crippen molar-refractivity contribution in [2.75, 3.05) is 20.3 Å². The molecule has 0 aliphatic heterocycles. The van der Waals surface area contributed by atoms with Crippen LogP contribution in [-0.2, 0) is 17.8 Å². The Morgan fingerprint density at radius 3 is 2.65 bits per heavy atom. The number of imidazole rings is 1. The molecule has 0 saturated heterocycles. The summed E-state index contributed by atoms with van der Waals surface area (Å²) in [5, 5.41) is 2.96. The molecular weight excluding hydrogens is 426 g/mol. The third-order valence-corrected chi connectivity index (χ3v) is 5.44. The number of para-hydroxylation sites is 2. The molecule has 34 heavy (non-hydrogen) atoms. The van der Waals surface area contributed by atoms with E-state index in [2.05, 4.69) is 16.0 Å². The molecule has 0 unspecified atom stereocenters. The zero-order valence-corrected chi connectivity index (χ0v) is 19.3. The lowest BCUT2D eigenvalue weighted by Crippen LogP contribution is -2.24. The molecular formula is C28H29N3O3. The van der Waals surface area contributed by atoms with Crippen LogP contribution in [0.15, 0.2) is 84.9 Å². The Bertz CT molecular complexity index is 1250. The van der Waals surface area contributed by atoms with Crippen LogP contribution in [0.2, 0.25) is 0 Å². The van der Waals surface area contributed by atoms with Crippen molar-refractivity contribution in [1.29, 1.82) is 0 Å². The number of fused-ring (bicyclic) bond motifs is 1. The molecule has 0 spiro atoms. The summed E-state index contributed by atoms with van der Waals surface area (Å²) in [6.45, 7) is 1.88. The van der Waals surface area contributed by atoms with Gasteiger partial charge in [0, 0.05) is 31.7 Å². The second-order valence-electron chi connectivity index (χ2n) is 7.83. The van der Waals surface area contributed by atoms with Crippen LogP contribution >= 0.6 is 0 Å². The number of amides is 1. The van der Waals surface area contributed by atoms with Gasteiger partial charge in [-0.25, -0.2) is 4.98 Å². The molecule has 1 amide bonds. The first-order valence-electron chi connectivity index (χ1n) is 11.4. The van der Waals surface area contributed by atoms with Gasteiger partial charge in [-0.05, 0) is 42.3 Å². The average molecular weight is 456 g/mol. The van der Waals surface area contributed by atoms with E-state index in [0.29, 0.717) is 19.6 Å². The van der Waals surface area contributed by atoms with Crippen LogP contribution < -0.4 is 14.8 Å². The molecule has 1 heterocycles. The molecule has 4 aromatic rings. The van der Waals surface area contributed by atoms with E-state index in [1.165, 1.54) is 0 Å². The molecule has 0 fully saturated rings. The molecule has 0 atom stereocenters. The van der Waals surface area contributed by atoms with Crippen LogP contribution in [0.1, 0.15) is 17.8 Å². The molecule has 174 valence electrons. The summed E-state index contributed by atoms with van der Waals surface area (Å²) in [4.78, 5) is 17.0. The van der Waals surface area contributed by atoms with Crippen LogP contribution in [0.5, 0.6) is 11.5 Å². The number of aromatic nitrogens is 2. The number of carbonyl (C=O) groups is 1. The molecule has 1 N–H and O–H groups in total.